The fraction of sp³-hybridized carbons (Fsp3) is 0.150. The second-order valence-electron chi connectivity index (χ2n) is 10.7. The quantitative estimate of drug-likeness (QED) is 0.0701. The van der Waals surface area contributed by atoms with Gasteiger partial charge in [0.05, 0.1) is 22.9 Å². The average molecular weight is 601 g/mol. The Balaban J connectivity index is 0.00000204. The van der Waals surface area contributed by atoms with Gasteiger partial charge in [0.2, 0.25) is 0 Å². The Morgan fingerprint density at radius 2 is 1.87 bits per heavy atom. The molecule has 0 fully saturated rings. The summed E-state index contributed by atoms with van der Waals surface area (Å²) in [6.45, 7) is 13.0. The summed E-state index contributed by atoms with van der Waals surface area (Å²) in [5.41, 5.74) is 18.5. The smallest absolute Gasteiger partial charge is 0.0687 e. The maximum Gasteiger partial charge on any atom is 0.0687 e. The molecule has 0 radical (unpaired) electrons. The lowest BCUT2D eigenvalue weighted by Gasteiger charge is -2.13. The van der Waals surface area contributed by atoms with Gasteiger partial charge in [-0.2, -0.15) is 0 Å². The molecular weight excluding hydrogens is 564 g/mol. The van der Waals surface area contributed by atoms with Gasteiger partial charge in [0, 0.05) is 102 Å². The molecule has 0 saturated carbocycles. The minimum absolute atomic E-state index is 0.548. The van der Waals surface area contributed by atoms with Gasteiger partial charge in [-0.3, -0.25) is 20.0 Å². The Labute approximate surface area is 270 Å². The van der Waals surface area contributed by atoms with Crippen LogP contribution in [0.2, 0.25) is 0 Å². The van der Waals surface area contributed by atoms with Crippen molar-refractivity contribution in [1.29, 1.82) is 0 Å². The zero-order chi connectivity index (χ0) is 32.6. The molecule has 6 nitrogen and oxygen atoms in total. The lowest BCUT2D eigenvalue weighted by molar-refractivity contribution is 0.826. The molecule has 0 unspecified atom stereocenters. The lowest BCUT2D eigenvalue weighted by Crippen LogP contribution is -2.01. The average Bonchev–Trinajstić information content (AvgIpc) is 3.28. The molecule has 0 aromatic carbocycles. The predicted molar refractivity (Wildman–Crippen MR) is 194 cm³/mol. The highest BCUT2D eigenvalue weighted by Crippen LogP contribution is 2.33. The third kappa shape index (κ3) is 5.89. The first-order chi connectivity index (χ1) is 22.5. The fourth-order valence-electron chi connectivity index (χ4n) is 5.94. The van der Waals surface area contributed by atoms with Crippen LogP contribution in [-0.4, -0.2) is 38.6 Å². The van der Waals surface area contributed by atoms with Crippen molar-refractivity contribution in [2.45, 2.75) is 33.7 Å². The largest absolute Gasteiger partial charge is 0.340 e. The van der Waals surface area contributed by atoms with Gasteiger partial charge in [-0.1, -0.05) is 23.5 Å². The Kier molecular flexibility index (Phi) is 9.71. The van der Waals surface area contributed by atoms with E-state index < -0.39 is 0 Å². The van der Waals surface area contributed by atoms with Crippen molar-refractivity contribution in [1.82, 2.24) is 19.1 Å². The maximum atomic E-state index is 5.79. The second-order valence-corrected chi connectivity index (χ2v) is 10.7. The van der Waals surface area contributed by atoms with E-state index in [4.69, 9.17) is 6.42 Å². The Morgan fingerprint density at radius 3 is 2.63 bits per heavy atom. The van der Waals surface area contributed by atoms with Crippen LogP contribution in [0.1, 0.15) is 42.8 Å². The van der Waals surface area contributed by atoms with Crippen molar-refractivity contribution in [2.75, 3.05) is 7.05 Å². The number of fused-ring (bicyclic) bond motifs is 4. The summed E-state index contributed by atoms with van der Waals surface area (Å²) in [6.07, 6.45) is 31.9. The zero-order valence-corrected chi connectivity index (χ0v) is 26.7. The van der Waals surface area contributed by atoms with Gasteiger partial charge in [0.15, 0.2) is 0 Å². The molecule has 46 heavy (non-hydrogen) atoms. The molecule has 6 rings (SSSR count). The number of allylic oxidation sites excluding steroid dienone is 9. The highest BCUT2D eigenvalue weighted by molar-refractivity contribution is 6.05. The third-order valence-electron chi connectivity index (χ3n) is 8.02. The second kappa shape index (κ2) is 14.2. The van der Waals surface area contributed by atoms with Gasteiger partial charge in [0.25, 0.3) is 0 Å². The van der Waals surface area contributed by atoms with E-state index in [2.05, 4.69) is 111 Å². The summed E-state index contributed by atoms with van der Waals surface area (Å²) in [7, 11) is 1.79. The zero-order valence-electron chi connectivity index (χ0n) is 26.7. The minimum atomic E-state index is 0.548. The van der Waals surface area contributed by atoms with Gasteiger partial charge in [-0.15, -0.1) is 31.2 Å². The molecule has 1 aliphatic carbocycles. The van der Waals surface area contributed by atoms with E-state index in [1.54, 1.807) is 13.2 Å². The van der Waals surface area contributed by atoms with Crippen molar-refractivity contribution in [3.8, 4) is 12.3 Å². The Hall–Kier alpha value is -5.98. The van der Waals surface area contributed by atoms with Gasteiger partial charge in [0.1, 0.15) is 0 Å². The molecule has 0 atom stereocenters. The Morgan fingerprint density at radius 1 is 1.11 bits per heavy atom. The molecule has 5 heterocycles. The molecule has 2 aliphatic rings. The fourth-order valence-corrected chi connectivity index (χ4v) is 5.94. The Bertz CT molecular complexity index is 2200. The standard InChI is InChI=1S/C38H32N6.C2H4/c1-6-10-26(2)30(13-9-20-43-28(4)32(22-39-5)33-23-41-18-15-36(33)43)31-12-7-11-29(21-27(31)3)44-37-14-8-17-40-24-34(37)35-25-42-19-16-38(35)44;1-2/h1,7,9,11,13-19,21-25H,10,20H2,2-5H3;1-2H2/b13-9-,30-26+,39-22?;. The summed E-state index contributed by atoms with van der Waals surface area (Å²) in [6, 6.07) is 4.09. The summed E-state index contributed by atoms with van der Waals surface area (Å²) >= 11 is 0. The number of hydrogen-bond donors (Lipinski definition) is 0. The van der Waals surface area contributed by atoms with E-state index in [0.717, 1.165) is 72.3 Å². The first kappa shape index (κ1) is 31.4. The van der Waals surface area contributed by atoms with Crippen LogP contribution in [0.4, 0.5) is 0 Å². The van der Waals surface area contributed by atoms with Crippen LogP contribution < -0.4 is 0 Å². The van der Waals surface area contributed by atoms with Gasteiger partial charge >= 0.3 is 0 Å². The molecule has 6 heteroatoms. The van der Waals surface area contributed by atoms with E-state index in [-0.39, 0.29) is 0 Å². The molecular formula is C40H36N6. The van der Waals surface area contributed by atoms with E-state index in [0.29, 0.717) is 13.0 Å². The van der Waals surface area contributed by atoms with Crippen molar-refractivity contribution in [2.24, 2.45) is 9.98 Å². The number of pyridine rings is 2. The van der Waals surface area contributed by atoms with Crippen LogP contribution in [0.5, 0.6) is 0 Å². The predicted octanol–water partition coefficient (Wildman–Crippen LogP) is 8.58. The van der Waals surface area contributed by atoms with Crippen LogP contribution in [0.25, 0.3) is 33.6 Å². The molecule has 4 aromatic rings. The third-order valence-corrected chi connectivity index (χ3v) is 8.02. The normalized spacial score (nSPS) is 14.4. The number of rotatable bonds is 7. The number of nitrogens with zero attached hydrogens (tertiary/aromatic N) is 6. The highest BCUT2D eigenvalue weighted by atomic mass is 15.0. The number of aromatic nitrogens is 4. The van der Waals surface area contributed by atoms with Crippen LogP contribution in [0.3, 0.4) is 0 Å². The summed E-state index contributed by atoms with van der Waals surface area (Å²) in [5, 5.41) is 2.14. The SMILES string of the molecule is C#CC/C(C)=C(\C=C/Cn1c(C)c(C=NC)c2cnccc21)C1=C=CC=C(n2c3c(c4cnccc42)C=NC=C=C3)C=C1C.C=C. The minimum Gasteiger partial charge on any atom is -0.340 e. The van der Waals surface area contributed by atoms with Gasteiger partial charge < -0.3 is 9.13 Å². The number of aliphatic imine (C=N–C) groups is 2. The summed E-state index contributed by atoms with van der Waals surface area (Å²) in [4.78, 5) is 17.4. The van der Waals surface area contributed by atoms with E-state index in [9.17, 15) is 0 Å². The first-order valence-corrected chi connectivity index (χ1v) is 15.0. The molecule has 4 aromatic heterocycles. The monoisotopic (exact) mass is 600 g/mol. The van der Waals surface area contributed by atoms with E-state index in [1.165, 1.54) is 0 Å². The van der Waals surface area contributed by atoms with Crippen molar-refractivity contribution in [3.63, 3.8) is 0 Å². The van der Waals surface area contributed by atoms with Crippen LogP contribution in [0, 0.1) is 19.3 Å². The lowest BCUT2D eigenvalue weighted by atomic mass is 9.93. The molecule has 0 N–H and O–H groups in total. The van der Waals surface area contributed by atoms with Gasteiger partial charge in [-0.05, 0) is 62.3 Å². The van der Waals surface area contributed by atoms with Crippen molar-refractivity contribution >= 4 is 46.0 Å². The van der Waals surface area contributed by atoms with Crippen LogP contribution in [0.15, 0.2) is 130 Å². The molecule has 1 aliphatic heterocycles. The molecule has 226 valence electrons. The summed E-state index contributed by atoms with van der Waals surface area (Å²) in [5.74, 6) is 2.83. The maximum absolute atomic E-state index is 5.79. The number of terminal acetylenes is 1. The molecule has 0 saturated heterocycles. The first-order valence-electron chi connectivity index (χ1n) is 15.0. The summed E-state index contributed by atoms with van der Waals surface area (Å²) < 4.78 is 4.52. The number of hydrogen-bond acceptors (Lipinski definition) is 4. The van der Waals surface area contributed by atoms with Crippen LogP contribution in [-0.2, 0) is 6.54 Å². The van der Waals surface area contributed by atoms with Crippen LogP contribution >= 0.6 is 0 Å². The van der Waals surface area contributed by atoms with Gasteiger partial charge in [-0.25, -0.2) is 0 Å². The van der Waals surface area contributed by atoms with E-state index >= 15 is 0 Å². The highest BCUT2D eigenvalue weighted by Gasteiger charge is 2.19. The molecule has 0 amide bonds. The molecule has 0 bridgehead atoms. The topological polar surface area (TPSA) is 60.4 Å². The molecule has 0 spiro atoms. The van der Waals surface area contributed by atoms with E-state index in [1.807, 2.05) is 55.4 Å². The van der Waals surface area contributed by atoms with Crippen molar-refractivity contribution in [3.05, 3.63) is 143 Å². The van der Waals surface area contributed by atoms with Crippen molar-refractivity contribution < 1.29 is 0 Å².